The van der Waals surface area contributed by atoms with Crippen LogP contribution in [0.1, 0.15) is 0 Å². The molecule has 0 atom stereocenters. The Kier molecular flexibility index (Phi) is 1.87. The van der Waals surface area contributed by atoms with Crippen molar-refractivity contribution in [3.05, 3.63) is 25.8 Å². The van der Waals surface area contributed by atoms with Gasteiger partial charge in [-0.2, -0.15) is 0 Å². The van der Waals surface area contributed by atoms with E-state index in [2.05, 4.69) is 14.9 Å². The minimum atomic E-state index is -0.523. The van der Waals surface area contributed by atoms with Gasteiger partial charge in [-0.25, -0.2) is 0 Å². The van der Waals surface area contributed by atoms with Gasteiger partial charge in [0.25, 0.3) is 5.58 Å². The van der Waals surface area contributed by atoms with E-state index in [0.717, 1.165) is 3.57 Å². The van der Waals surface area contributed by atoms with Gasteiger partial charge in [0, 0.05) is 14.9 Å². The van der Waals surface area contributed by atoms with Crippen LogP contribution >= 0.6 is 22.6 Å². The monoisotopic (exact) mass is 291 g/mol. The second kappa shape index (κ2) is 2.91. The lowest BCUT2D eigenvalue weighted by atomic mass is 10.3. The van der Waals surface area contributed by atoms with E-state index in [1.807, 2.05) is 22.6 Å². The lowest BCUT2D eigenvalue weighted by Gasteiger charge is -1.91. The number of nitro groups is 1. The normalized spacial score (nSPS) is 10.5. The van der Waals surface area contributed by atoms with E-state index in [4.69, 9.17) is 0 Å². The van der Waals surface area contributed by atoms with E-state index in [1.54, 1.807) is 6.07 Å². The third-order valence-electron chi connectivity index (χ3n) is 1.53. The maximum Gasteiger partial charge on any atom is 0.316 e. The van der Waals surface area contributed by atoms with Crippen LogP contribution in [-0.4, -0.2) is 15.3 Å². The van der Waals surface area contributed by atoms with E-state index in [0.29, 0.717) is 5.52 Å². The third-order valence-corrected chi connectivity index (χ3v) is 2.40. The maximum absolute atomic E-state index is 10.5. The molecule has 1 heterocycles. The van der Waals surface area contributed by atoms with Crippen LogP contribution in [0.5, 0.6) is 0 Å². The number of aromatic nitrogens is 2. The van der Waals surface area contributed by atoms with Crippen LogP contribution in [0.15, 0.2) is 16.7 Å². The van der Waals surface area contributed by atoms with Crippen molar-refractivity contribution in [1.29, 1.82) is 0 Å². The van der Waals surface area contributed by atoms with Crippen molar-refractivity contribution in [3.63, 3.8) is 0 Å². The molecule has 1 aromatic carbocycles. The lowest BCUT2D eigenvalue weighted by molar-refractivity contribution is -0.383. The van der Waals surface area contributed by atoms with E-state index in [1.165, 1.54) is 6.07 Å². The fraction of sp³-hybridized carbons (Fsp3) is 0. The smallest absolute Gasteiger partial charge is 0.316 e. The van der Waals surface area contributed by atoms with Gasteiger partial charge in [-0.1, -0.05) is 0 Å². The van der Waals surface area contributed by atoms with Crippen LogP contribution in [0.3, 0.4) is 0 Å². The average molecular weight is 291 g/mol. The molecule has 2 aromatic rings. The highest BCUT2D eigenvalue weighted by molar-refractivity contribution is 14.1. The van der Waals surface area contributed by atoms with Crippen molar-refractivity contribution in [2.75, 3.05) is 0 Å². The zero-order chi connectivity index (χ0) is 9.42. The van der Waals surface area contributed by atoms with Crippen LogP contribution in [0.2, 0.25) is 0 Å². The average Bonchev–Trinajstić information content (AvgIpc) is 2.53. The molecule has 0 saturated carbocycles. The van der Waals surface area contributed by atoms with Gasteiger partial charge < -0.3 is 4.52 Å². The van der Waals surface area contributed by atoms with Crippen LogP contribution < -0.4 is 0 Å². The molecule has 0 radical (unpaired) electrons. The highest BCUT2D eigenvalue weighted by atomic mass is 127. The molecule has 0 bridgehead atoms. The molecule has 13 heavy (non-hydrogen) atoms. The maximum atomic E-state index is 10.5. The highest BCUT2D eigenvalue weighted by Crippen LogP contribution is 2.26. The lowest BCUT2D eigenvalue weighted by Crippen LogP contribution is -1.89. The summed E-state index contributed by atoms with van der Waals surface area (Å²) in [4.78, 5) is 9.99. The fourth-order valence-electron chi connectivity index (χ4n) is 0.965. The Balaban J connectivity index is 2.86. The zero-order valence-electron chi connectivity index (χ0n) is 6.10. The topological polar surface area (TPSA) is 82.1 Å². The minimum absolute atomic E-state index is 0.111. The molecular weight excluding hydrogens is 289 g/mol. The fourth-order valence-corrected chi connectivity index (χ4v) is 1.50. The van der Waals surface area contributed by atoms with E-state index in [9.17, 15) is 10.1 Å². The summed E-state index contributed by atoms with van der Waals surface area (Å²) >= 11 is 2.01. The summed E-state index contributed by atoms with van der Waals surface area (Å²) in [6.45, 7) is 0. The van der Waals surface area contributed by atoms with Crippen molar-refractivity contribution in [3.8, 4) is 0 Å². The Hall–Kier alpha value is -1.25. The second-order valence-electron chi connectivity index (χ2n) is 2.27. The molecule has 0 aliphatic carbocycles. The first kappa shape index (κ1) is 8.35. The first-order valence-corrected chi connectivity index (χ1v) is 4.33. The van der Waals surface area contributed by atoms with Crippen molar-refractivity contribution >= 4 is 39.4 Å². The molecule has 66 valence electrons. The molecule has 0 aliphatic rings. The number of non-ortho nitro benzene ring substituents is 1. The van der Waals surface area contributed by atoms with Gasteiger partial charge in [-0.15, -0.1) is 5.10 Å². The van der Waals surface area contributed by atoms with Crippen molar-refractivity contribution in [2.24, 2.45) is 0 Å². The first-order chi connectivity index (χ1) is 6.20. The Bertz CT molecular complexity index is 481. The number of hydrogen-bond acceptors (Lipinski definition) is 5. The molecule has 0 aliphatic heterocycles. The summed E-state index contributed by atoms with van der Waals surface area (Å²) in [6.07, 6.45) is 0. The number of hydrogen-bond donors (Lipinski definition) is 0. The standard InChI is InChI=1S/C6H2IN3O3/c7-3-1-2-4(10(11)12)6-5(3)8-9-13-6/h1-2H. The summed E-state index contributed by atoms with van der Waals surface area (Å²) in [7, 11) is 0. The summed E-state index contributed by atoms with van der Waals surface area (Å²) in [5.41, 5.74) is 0.437. The molecule has 6 nitrogen and oxygen atoms in total. The Morgan fingerprint density at radius 2 is 2.31 bits per heavy atom. The second-order valence-corrected chi connectivity index (χ2v) is 3.44. The van der Waals surface area contributed by atoms with Crippen LogP contribution in [-0.2, 0) is 0 Å². The molecule has 0 N–H and O–H groups in total. The van der Waals surface area contributed by atoms with Crippen molar-refractivity contribution in [2.45, 2.75) is 0 Å². The van der Waals surface area contributed by atoms with E-state index < -0.39 is 4.92 Å². The largest absolute Gasteiger partial charge is 0.329 e. The predicted octanol–water partition coefficient (Wildman–Crippen LogP) is 1.74. The van der Waals surface area contributed by atoms with Crippen LogP contribution in [0, 0.1) is 13.7 Å². The number of fused-ring (bicyclic) bond motifs is 1. The van der Waals surface area contributed by atoms with Crippen molar-refractivity contribution in [1.82, 2.24) is 10.4 Å². The highest BCUT2D eigenvalue weighted by Gasteiger charge is 2.18. The first-order valence-electron chi connectivity index (χ1n) is 3.25. The Morgan fingerprint density at radius 1 is 1.54 bits per heavy atom. The summed E-state index contributed by atoms with van der Waals surface area (Å²) in [6, 6.07) is 2.97. The van der Waals surface area contributed by atoms with Gasteiger partial charge in [0.1, 0.15) is 0 Å². The van der Waals surface area contributed by atoms with Gasteiger partial charge in [-0.3, -0.25) is 10.1 Å². The minimum Gasteiger partial charge on any atom is -0.329 e. The SMILES string of the molecule is O=[N+]([O-])c1ccc(I)c2nnoc12. The molecule has 1 aromatic heterocycles. The number of nitrogens with zero attached hydrogens (tertiary/aromatic N) is 3. The molecule has 0 fully saturated rings. The predicted molar refractivity (Wildman–Crippen MR) is 51.2 cm³/mol. The van der Waals surface area contributed by atoms with E-state index >= 15 is 0 Å². The molecule has 0 amide bonds. The molecule has 0 spiro atoms. The third kappa shape index (κ3) is 1.24. The summed E-state index contributed by atoms with van der Waals surface area (Å²) in [5.74, 6) is 0. The molecule has 0 unspecified atom stereocenters. The number of rotatable bonds is 1. The number of benzene rings is 1. The van der Waals surface area contributed by atoms with E-state index in [-0.39, 0.29) is 11.3 Å². The Labute approximate surface area is 85.2 Å². The molecular formula is C6H2IN3O3. The Morgan fingerprint density at radius 3 is 3.00 bits per heavy atom. The van der Waals surface area contributed by atoms with Gasteiger partial charge in [0.15, 0.2) is 5.52 Å². The van der Waals surface area contributed by atoms with Gasteiger partial charge in [0.2, 0.25) is 0 Å². The van der Waals surface area contributed by atoms with Gasteiger partial charge in [0.05, 0.1) is 4.92 Å². The quantitative estimate of drug-likeness (QED) is 0.454. The van der Waals surface area contributed by atoms with Crippen LogP contribution in [0.4, 0.5) is 5.69 Å². The number of nitro benzene ring substituents is 1. The number of halogens is 1. The van der Waals surface area contributed by atoms with Crippen molar-refractivity contribution < 1.29 is 9.45 Å². The summed E-state index contributed by atoms with van der Waals surface area (Å²) < 4.78 is 5.46. The summed E-state index contributed by atoms with van der Waals surface area (Å²) in [5, 5.41) is 17.4. The molecule has 0 saturated heterocycles. The van der Waals surface area contributed by atoms with Gasteiger partial charge in [-0.05, 0) is 28.7 Å². The molecule has 2 rings (SSSR count). The molecule has 7 heteroatoms. The zero-order valence-corrected chi connectivity index (χ0v) is 8.26. The van der Waals surface area contributed by atoms with Gasteiger partial charge >= 0.3 is 5.69 Å². The van der Waals surface area contributed by atoms with Crippen LogP contribution in [0.25, 0.3) is 11.1 Å².